The quantitative estimate of drug-likeness (QED) is 0.899. The minimum Gasteiger partial charge on any atom is -0.322 e. The van der Waals surface area contributed by atoms with Gasteiger partial charge in [-0.3, -0.25) is 9.52 Å². The predicted octanol–water partition coefficient (Wildman–Crippen LogP) is 2.90. The number of aryl methyl sites for hydroxylation is 1. The van der Waals surface area contributed by atoms with E-state index in [-0.39, 0.29) is 16.9 Å². The summed E-state index contributed by atoms with van der Waals surface area (Å²) in [6.45, 7) is 1.69. The number of halogens is 2. The van der Waals surface area contributed by atoms with Gasteiger partial charge in [0.2, 0.25) is 10.0 Å². The first-order valence-electron chi connectivity index (χ1n) is 6.50. The van der Waals surface area contributed by atoms with Crippen molar-refractivity contribution in [3.63, 3.8) is 0 Å². The molecule has 1 amide bonds. The fourth-order valence-corrected chi connectivity index (χ4v) is 2.47. The molecular formula is C15H14F2N2O3S. The van der Waals surface area contributed by atoms with Crippen molar-refractivity contribution in [2.24, 2.45) is 0 Å². The Bertz CT molecular complexity index is 867. The molecule has 0 spiro atoms. The molecule has 0 aliphatic heterocycles. The van der Waals surface area contributed by atoms with E-state index in [1.54, 1.807) is 13.0 Å². The molecule has 122 valence electrons. The molecule has 0 heterocycles. The van der Waals surface area contributed by atoms with Crippen LogP contribution in [0.25, 0.3) is 0 Å². The molecule has 2 rings (SSSR count). The van der Waals surface area contributed by atoms with Crippen LogP contribution in [0.3, 0.4) is 0 Å². The fraction of sp³-hybridized carbons (Fsp3) is 0.133. The van der Waals surface area contributed by atoms with Crippen molar-refractivity contribution < 1.29 is 22.0 Å². The van der Waals surface area contributed by atoms with Gasteiger partial charge in [-0.05, 0) is 36.8 Å². The van der Waals surface area contributed by atoms with E-state index in [1.807, 2.05) is 0 Å². The van der Waals surface area contributed by atoms with Crippen molar-refractivity contribution in [2.75, 3.05) is 16.3 Å². The van der Waals surface area contributed by atoms with E-state index in [1.165, 1.54) is 18.2 Å². The SMILES string of the molecule is Cc1ccc(C(=O)Nc2ccc(F)c(F)c2)cc1NS(C)(=O)=O. The molecule has 0 atom stereocenters. The summed E-state index contributed by atoms with van der Waals surface area (Å²) in [6, 6.07) is 7.42. The lowest BCUT2D eigenvalue weighted by molar-refractivity contribution is 0.102. The Hall–Kier alpha value is -2.48. The second-order valence-corrected chi connectivity index (χ2v) is 6.74. The first-order valence-corrected chi connectivity index (χ1v) is 8.40. The first-order chi connectivity index (χ1) is 10.7. The van der Waals surface area contributed by atoms with Crippen LogP contribution in [0.2, 0.25) is 0 Å². The van der Waals surface area contributed by atoms with Gasteiger partial charge in [0.15, 0.2) is 11.6 Å². The maximum absolute atomic E-state index is 13.1. The number of hydrogen-bond acceptors (Lipinski definition) is 3. The zero-order valence-corrected chi connectivity index (χ0v) is 13.2. The molecule has 0 aliphatic rings. The first kappa shape index (κ1) is 16.9. The van der Waals surface area contributed by atoms with Crippen molar-refractivity contribution in [2.45, 2.75) is 6.92 Å². The molecule has 8 heteroatoms. The van der Waals surface area contributed by atoms with Gasteiger partial charge >= 0.3 is 0 Å². The average Bonchev–Trinajstić information content (AvgIpc) is 2.44. The zero-order chi connectivity index (χ0) is 17.2. The molecular weight excluding hydrogens is 326 g/mol. The second-order valence-electron chi connectivity index (χ2n) is 4.99. The van der Waals surface area contributed by atoms with Crippen molar-refractivity contribution >= 4 is 27.3 Å². The van der Waals surface area contributed by atoms with Crippen molar-refractivity contribution in [1.82, 2.24) is 0 Å². The Morgan fingerprint density at radius 1 is 1.04 bits per heavy atom. The maximum atomic E-state index is 13.1. The Kier molecular flexibility index (Phi) is 4.65. The highest BCUT2D eigenvalue weighted by Gasteiger charge is 2.12. The molecule has 23 heavy (non-hydrogen) atoms. The number of sulfonamides is 1. The summed E-state index contributed by atoms with van der Waals surface area (Å²) < 4.78 is 50.9. The summed E-state index contributed by atoms with van der Waals surface area (Å²) in [5.41, 5.74) is 1.17. The molecule has 2 aromatic rings. The third kappa shape index (κ3) is 4.49. The van der Waals surface area contributed by atoms with E-state index < -0.39 is 27.6 Å². The van der Waals surface area contributed by atoms with Crippen LogP contribution in [0.4, 0.5) is 20.2 Å². The van der Waals surface area contributed by atoms with Crippen LogP contribution < -0.4 is 10.0 Å². The molecule has 0 saturated heterocycles. The van der Waals surface area contributed by atoms with Crippen LogP contribution in [0.1, 0.15) is 15.9 Å². The van der Waals surface area contributed by atoms with E-state index in [2.05, 4.69) is 10.0 Å². The van der Waals surface area contributed by atoms with Crippen LogP contribution in [-0.2, 0) is 10.0 Å². The van der Waals surface area contributed by atoms with Gasteiger partial charge in [0.05, 0.1) is 11.9 Å². The number of carbonyl (C=O) groups excluding carboxylic acids is 1. The Labute approximate surface area is 132 Å². The molecule has 2 N–H and O–H groups in total. The van der Waals surface area contributed by atoms with Crippen LogP contribution >= 0.6 is 0 Å². The van der Waals surface area contributed by atoms with E-state index in [0.717, 1.165) is 18.4 Å². The number of hydrogen-bond donors (Lipinski definition) is 2. The fourth-order valence-electron chi connectivity index (χ4n) is 1.85. The number of carbonyl (C=O) groups is 1. The Balaban J connectivity index is 2.25. The lowest BCUT2D eigenvalue weighted by Crippen LogP contribution is -2.15. The molecule has 0 aromatic heterocycles. The third-order valence-electron chi connectivity index (χ3n) is 2.97. The van der Waals surface area contributed by atoms with Gasteiger partial charge in [-0.1, -0.05) is 6.07 Å². The highest BCUT2D eigenvalue weighted by Crippen LogP contribution is 2.20. The van der Waals surface area contributed by atoms with Gasteiger partial charge in [0, 0.05) is 17.3 Å². The van der Waals surface area contributed by atoms with Gasteiger partial charge in [0.1, 0.15) is 0 Å². The molecule has 0 unspecified atom stereocenters. The van der Waals surface area contributed by atoms with Gasteiger partial charge in [-0.2, -0.15) is 0 Å². The normalized spacial score (nSPS) is 11.1. The maximum Gasteiger partial charge on any atom is 0.255 e. The third-order valence-corrected chi connectivity index (χ3v) is 3.56. The summed E-state index contributed by atoms with van der Waals surface area (Å²) >= 11 is 0. The van der Waals surface area contributed by atoms with E-state index in [0.29, 0.717) is 5.56 Å². The summed E-state index contributed by atoms with van der Waals surface area (Å²) in [7, 11) is -3.48. The van der Waals surface area contributed by atoms with Gasteiger partial charge in [0.25, 0.3) is 5.91 Å². The average molecular weight is 340 g/mol. The standard InChI is InChI=1S/C15H14F2N2O3S/c1-9-3-4-10(7-14(9)19-23(2,21)22)15(20)18-11-5-6-12(16)13(17)8-11/h3-8,19H,1-2H3,(H,18,20). The predicted molar refractivity (Wildman–Crippen MR) is 84.0 cm³/mol. The van der Waals surface area contributed by atoms with Crippen molar-refractivity contribution in [1.29, 1.82) is 0 Å². The highest BCUT2D eigenvalue weighted by atomic mass is 32.2. The molecule has 0 fully saturated rings. The summed E-state index contributed by atoms with van der Waals surface area (Å²) in [4.78, 5) is 12.1. The minimum atomic E-state index is -3.48. The van der Waals surface area contributed by atoms with Crippen molar-refractivity contribution in [3.8, 4) is 0 Å². The molecule has 5 nitrogen and oxygen atoms in total. The molecule has 0 bridgehead atoms. The number of benzene rings is 2. The second kappa shape index (κ2) is 6.33. The number of amides is 1. The summed E-state index contributed by atoms with van der Waals surface area (Å²) in [5, 5.41) is 2.41. The molecule has 0 aliphatic carbocycles. The van der Waals surface area contributed by atoms with E-state index in [9.17, 15) is 22.0 Å². The van der Waals surface area contributed by atoms with Gasteiger partial charge in [-0.25, -0.2) is 17.2 Å². The van der Waals surface area contributed by atoms with Gasteiger partial charge in [-0.15, -0.1) is 0 Å². The monoisotopic (exact) mass is 340 g/mol. The molecule has 0 saturated carbocycles. The smallest absolute Gasteiger partial charge is 0.255 e. The van der Waals surface area contributed by atoms with E-state index in [4.69, 9.17) is 0 Å². The van der Waals surface area contributed by atoms with E-state index >= 15 is 0 Å². The molecule has 0 radical (unpaired) electrons. The highest BCUT2D eigenvalue weighted by molar-refractivity contribution is 7.92. The van der Waals surface area contributed by atoms with Gasteiger partial charge < -0.3 is 5.32 Å². The van der Waals surface area contributed by atoms with Crippen LogP contribution in [0, 0.1) is 18.6 Å². The Morgan fingerprint density at radius 2 is 1.74 bits per heavy atom. The van der Waals surface area contributed by atoms with Crippen LogP contribution in [-0.4, -0.2) is 20.6 Å². The van der Waals surface area contributed by atoms with Crippen LogP contribution in [0.15, 0.2) is 36.4 Å². The summed E-state index contributed by atoms with van der Waals surface area (Å²) in [5.74, 6) is -2.67. The lowest BCUT2D eigenvalue weighted by Gasteiger charge is -2.10. The number of rotatable bonds is 4. The lowest BCUT2D eigenvalue weighted by atomic mass is 10.1. The topological polar surface area (TPSA) is 75.3 Å². The Morgan fingerprint density at radius 3 is 2.35 bits per heavy atom. The minimum absolute atomic E-state index is 0.0899. The molecule has 2 aromatic carbocycles. The number of nitrogens with one attached hydrogen (secondary N) is 2. The summed E-state index contributed by atoms with van der Waals surface area (Å²) in [6.07, 6.45) is 1.00. The van der Waals surface area contributed by atoms with Crippen LogP contribution in [0.5, 0.6) is 0 Å². The zero-order valence-electron chi connectivity index (χ0n) is 12.4. The number of anilines is 2. The largest absolute Gasteiger partial charge is 0.322 e. The van der Waals surface area contributed by atoms with Crippen molar-refractivity contribution in [3.05, 3.63) is 59.2 Å².